The predicted molar refractivity (Wildman–Crippen MR) is 79.9 cm³/mol. The lowest BCUT2D eigenvalue weighted by Gasteiger charge is -2.34. The highest BCUT2D eigenvalue weighted by Crippen LogP contribution is 2.29. The Kier molecular flexibility index (Phi) is 4.66. The molecular weight excluding hydrogens is 238 g/mol. The molecule has 0 aliphatic carbocycles. The third-order valence-corrected chi connectivity index (χ3v) is 3.86. The van der Waals surface area contributed by atoms with Crippen LogP contribution in [0.5, 0.6) is 5.75 Å². The van der Waals surface area contributed by atoms with Crippen LogP contribution in [-0.4, -0.2) is 49.8 Å². The number of aromatic hydroxyl groups is 1. The van der Waals surface area contributed by atoms with Crippen molar-refractivity contribution in [2.24, 2.45) is 0 Å². The summed E-state index contributed by atoms with van der Waals surface area (Å²) in [6.45, 7) is 9.27. The molecule has 4 heteroatoms. The van der Waals surface area contributed by atoms with Crippen molar-refractivity contribution in [3.05, 3.63) is 23.8 Å². The summed E-state index contributed by atoms with van der Waals surface area (Å²) in [6, 6.07) is 6.24. The molecule has 0 saturated carbocycles. The fourth-order valence-electron chi connectivity index (χ4n) is 2.58. The van der Waals surface area contributed by atoms with Gasteiger partial charge in [-0.15, -0.1) is 0 Å². The Morgan fingerprint density at radius 1 is 1.26 bits per heavy atom. The minimum Gasteiger partial charge on any atom is -0.508 e. The Bertz CT molecular complexity index is 414. The molecule has 0 aromatic heterocycles. The first-order valence-corrected chi connectivity index (χ1v) is 7.11. The zero-order valence-electron chi connectivity index (χ0n) is 12.2. The quantitative estimate of drug-likeness (QED) is 0.869. The minimum absolute atomic E-state index is 0.187. The number of rotatable bonds is 4. The van der Waals surface area contributed by atoms with Gasteiger partial charge in [0, 0.05) is 49.5 Å². The molecule has 2 rings (SSSR count). The van der Waals surface area contributed by atoms with E-state index in [2.05, 4.69) is 42.1 Å². The van der Waals surface area contributed by atoms with Crippen molar-refractivity contribution in [2.75, 3.05) is 44.7 Å². The highest BCUT2D eigenvalue weighted by Gasteiger charge is 2.16. The predicted octanol–water partition coefficient (Wildman–Crippen LogP) is 1.81. The van der Waals surface area contributed by atoms with Gasteiger partial charge < -0.3 is 20.2 Å². The molecule has 1 fully saturated rings. The maximum Gasteiger partial charge on any atom is 0.122 e. The van der Waals surface area contributed by atoms with Crippen LogP contribution in [-0.2, 0) is 0 Å². The van der Waals surface area contributed by atoms with E-state index in [-0.39, 0.29) is 6.04 Å². The van der Waals surface area contributed by atoms with Crippen LogP contribution in [0.15, 0.2) is 18.2 Å². The van der Waals surface area contributed by atoms with E-state index in [0.29, 0.717) is 5.75 Å². The largest absolute Gasteiger partial charge is 0.508 e. The zero-order valence-corrected chi connectivity index (χ0v) is 12.2. The van der Waals surface area contributed by atoms with E-state index in [0.717, 1.165) is 44.0 Å². The van der Waals surface area contributed by atoms with E-state index in [1.54, 1.807) is 0 Å². The highest BCUT2D eigenvalue weighted by molar-refractivity contribution is 5.54. The third kappa shape index (κ3) is 3.39. The number of hydrogen-bond donors (Lipinski definition) is 2. The summed E-state index contributed by atoms with van der Waals surface area (Å²) in [5.41, 5.74) is 2.10. The lowest BCUT2D eigenvalue weighted by molar-refractivity contribution is 0.312. The zero-order chi connectivity index (χ0) is 13.8. The number of benzene rings is 1. The normalized spacial score (nSPS) is 18.6. The van der Waals surface area contributed by atoms with Crippen LogP contribution < -0.4 is 10.2 Å². The number of anilines is 1. The molecule has 106 valence electrons. The van der Waals surface area contributed by atoms with Gasteiger partial charge in [-0.05, 0) is 26.6 Å². The molecule has 1 saturated heterocycles. The average Bonchev–Trinajstić information content (AvgIpc) is 2.39. The van der Waals surface area contributed by atoms with E-state index >= 15 is 0 Å². The van der Waals surface area contributed by atoms with Gasteiger partial charge in [-0.2, -0.15) is 0 Å². The van der Waals surface area contributed by atoms with Crippen LogP contribution in [0.25, 0.3) is 0 Å². The van der Waals surface area contributed by atoms with Crippen molar-refractivity contribution in [3.8, 4) is 5.75 Å². The molecule has 4 nitrogen and oxygen atoms in total. The fourth-order valence-corrected chi connectivity index (χ4v) is 2.58. The molecule has 0 bridgehead atoms. The molecule has 1 aliphatic rings. The Morgan fingerprint density at radius 3 is 2.53 bits per heavy atom. The number of hydrogen-bond acceptors (Lipinski definition) is 4. The first kappa shape index (κ1) is 14.2. The summed E-state index contributed by atoms with van der Waals surface area (Å²) in [5.74, 6) is 0.393. The fraction of sp³-hybridized carbons (Fsp3) is 0.600. The number of piperazine rings is 1. The van der Waals surface area contributed by atoms with Gasteiger partial charge in [0.25, 0.3) is 0 Å². The van der Waals surface area contributed by atoms with Gasteiger partial charge in [0.1, 0.15) is 5.75 Å². The standard InChI is InChI=1S/C15H25N3O/c1-4-16-12(2)14-6-5-13(11-15(14)19)18-9-7-17(3)8-10-18/h5-6,11-12,16,19H,4,7-10H2,1-3H3. The first-order chi connectivity index (χ1) is 9.11. The van der Waals surface area contributed by atoms with Gasteiger partial charge in [-0.3, -0.25) is 0 Å². The lowest BCUT2D eigenvalue weighted by atomic mass is 10.1. The van der Waals surface area contributed by atoms with Crippen LogP contribution >= 0.6 is 0 Å². The van der Waals surface area contributed by atoms with Gasteiger partial charge in [0.05, 0.1) is 0 Å². The Balaban J connectivity index is 2.10. The van der Waals surface area contributed by atoms with Crippen LogP contribution in [0.3, 0.4) is 0 Å². The summed E-state index contributed by atoms with van der Waals surface area (Å²) in [4.78, 5) is 4.67. The van der Waals surface area contributed by atoms with Crippen LogP contribution in [0, 0.1) is 0 Å². The molecule has 1 atom stereocenters. The van der Waals surface area contributed by atoms with Gasteiger partial charge in [-0.25, -0.2) is 0 Å². The Hall–Kier alpha value is -1.26. The van der Waals surface area contributed by atoms with Gasteiger partial charge >= 0.3 is 0 Å². The van der Waals surface area contributed by atoms with Crippen molar-refractivity contribution < 1.29 is 5.11 Å². The summed E-state index contributed by atoms with van der Waals surface area (Å²) in [6.07, 6.45) is 0. The number of nitrogens with one attached hydrogen (secondary N) is 1. The van der Waals surface area contributed by atoms with Crippen LogP contribution in [0.4, 0.5) is 5.69 Å². The third-order valence-electron chi connectivity index (χ3n) is 3.86. The van der Waals surface area contributed by atoms with Crippen LogP contribution in [0.1, 0.15) is 25.5 Å². The second-order valence-electron chi connectivity index (χ2n) is 5.31. The van der Waals surface area contributed by atoms with Crippen molar-refractivity contribution in [1.29, 1.82) is 0 Å². The second-order valence-corrected chi connectivity index (χ2v) is 5.31. The molecule has 2 N–H and O–H groups in total. The molecule has 1 aromatic rings. The monoisotopic (exact) mass is 263 g/mol. The second kappa shape index (κ2) is 6.26. The van der Waals surface area contributed by atoms with E-state index in [1.807, 2.05) is 12.1 Å². The number of phenols is 1. The van der Waals surface area contributed by atoms with Gasteiger partial charge in [-0.1, -0.05) is 13.0 Å². The maximum atomic E-state index is 10.2. The van der Waals surface area contributed by atoms with Crippen molar-refractivity contribution in [3.63, 3.8) is 0 Å². The summed E-state index contributed by atoms with van der Waals surface area (Å²) < 4.78 is 0. The van der Waals surface area contributed by atoms with E-state index < -0.39 is 0 Å². The maximum absolute atomic E-state index is 10.2. The number of likely N-dealkylation sites (N-methyl/N-ethyl adjacent to an activating group) is 1. The van der Waals surface area contributed by atoms with Crippen LogP contribution in [0.2, 0.25) is 0 Å². The van der Waals surface area contributed by atoms with E-state index in [1.165, 1.54) is 0 Å². The average molecular weight is 263 g/mol. The molecule has 19 heavy (non-hydrogen) atoms. The minimum atomic E-state index is 0.187. The van der Waals surface area contributed by atoms with E-state index in [9.17, 15) is 5.11 Å². The van der Waals surface area contributed by atoms with Gasteiger partial charge in [0.2, 0.25) is 0 Å². The summed E-state index contributed by atoms with van der Waals surface area (Å²) >= 11 is 0. The number of phenolic OH excluding ortho intramolecular Hbond substituents is 1. The Morgan fingerprint density at radius 2 is 1.95 bits per heavy atom. The Labute approximate surface area is 116 Å². The van der Waals surface area contributed by atoms with Crippen molar-refractivity contribution in [1.82, 2.24) is 10.2 Å². The number of nitrogens with zero attached hydrogens (tertiary/aromatic N) is 2. The molecule has 1 heterocycles. The summed E-state index contributed by atoms with van der Waals surface area (Å²) in [7, 11) is 2.15. The molecule has 1 unspecified atom stereocenters. The molecule has 0 spiro atoms. The molecular formula is C15H25N3O. The highest BCUT2D eigenvalue weighted by atomic mass is 16.3. The molecule has 1 aromatic carbocycles. The molecule has 0 amide bonds. The smallest absolute Gasteiger partial charge is 0.122 e. The SMILES string of the molecule is CCNC(C)c1ccc(N2CCN(C)CC2)cc1O. The topological polar surface area (TPSA) is 38.7 Å². The lowest BCUT2D eigenvalue weighted by Crippen LogP contribution is -2.44. The molecule has 1 aliphatic heterocycles. The van der Waals surface area contributed by atoms with E-state index in [4.69, 9.17) is 0 Å². The molecule has 0 radical (unpaired) electrons. The van der Waals surface area contributed by atoms with Crippen molar-refractivity contribution in [2.45, 2.75) is 19.9 Å². The van der Waals surface area contributed by atoms with Crippen molar-refractivity contribution >= 4 is 5.69 Å². The summed E-state index contributed by atoms with van der Waals surface area (Å²) in [5, 5.41) is 13.5. The first-order valence-electron chi connectivity index (χ1n) is 7.11. The van der Waals surface area contributed by atoms with Gasteiger partial charge in [0.15, 0.2) is 0 Å².